The number of hydrogen-bond acceptors (Lipinski definition) is 3. The van der Waals surface area contributed by atoms with Crippen molar-refractivity contribution in [3.8, 4) is 0 Å². The van der Waals surface area contributed by atoms with Crippen molar-refractivity contribution in [3.63, 3.8) is 0 Å². The van der Waals surface area contributed by atoms with E-state index in [1.165, 1.54) is 0 Å². The van der Waals surface area contributed by atoms with Gasteiger partial charge in [0.2, 0.25) is 11.8 Å². The first kappa shape index (κ1) is 11.4. The third-order valence-electron chi connectivity index (χ3n) is 3.23. The van der Waals surface area contributed by atoms with Crippen molar-refractivity contribution in [2.24, 2.45) is 0 Å². The summed E-state index contributed by atoms with van der Waals surface area (Å²) >= 11 is 0. The van der Waals surface area contributed by atoms with E-state index in [1.54, 1.807) is 0 Å². The van der Waals surface area contributed by atoms with Crippen molar-refractivity contribution >= 4 is 11.8 Å². The highest BCUT2D eigenvalue weighted by molar-refractivity contribution is 5.90. The summed E-state index contributed by atoms with van der Waals surface area (Å²) in [5.41, 5.74) is 0. The normalized spacial score (nSPS) is 30.6. The van der Waals surface area contributed by atoms with E-state index in [2.05, 4.69) is 16.0 Å². The fraction of sp³-hybridized carbons (Fsp3) is 0.818. The number of rotatable bonds is 2. The highest BCUT2D eigenvalue weighted by atomic mass is 16.2. The van der Waals surface area contributed by atoms with E-state index in [9.17, 15) is 9.59 Å². The zero-order valence-corrected chi connectivity index (χ0v) is 9.42. The SMILES string of the molecule is O=C1CCC(C(=O)NC2CCCNCC2)N1. The summed E-state index contributed by atoms with van der Waals surface area (Å²) in [6.07, 6.45) is 4.22. The first-order valence-corrected chi connectivity index (χ1v) is 6.06. The second-order valence-corrected chi connectivity index (χ2v) is 4.55. The third kappa shape index (κ3) is 2.95. The van der Waals surface area contributed by atoms with E-state index in [0.29, 0.717) is 12.8 Å². The van der Waals surface area contributed by atoms with Crippen LogP contribution in [0.5, 0.6) is 0 Å². The number of amides is 2. The van der Waals surface area contributed by atoms with Crippen LogP contribution in [0.2, 0.25) is 0 Å². The first-order chi connectivity index (χ1) is 7.75. The Morgan fingerprint density at radius 1 is 1.25 bits per heavy atom. The smallest absolute Gasteiger partial charge is 0.242 e. The summed E-state index contributed by atoms with van der Waals surface area (Å²) in [4.78, 5) is 22.8. The minimum absolute atomic E-state index is 0.0114. The highest BCUT2D eigenvalue weighted by Gasteiger charge is 2.28. The van der Waals surface area contributed by atoms with Crippen LogP contribution in [0.15, 0.2) is 0 Å². The molecule has 2 heterocycles. The van der Waals surface area contributed by atoms with Crippen LogP contribution in [-0.2, 0) is 9.59 Å². The zero-order valence-electron chi connectivity index (χ0n) is 9.42. The van der Waals surface area contributed by atoms with Crippen LogP contribution in [0.25, 0.3) is 0 Å². The Labute approximate surface area is 95.3 Å². The Balaban J connectivity index is 1.79. The monoisotopic (exact) mass is 225 g/mol. The molecule has 5 nitrogen and oxygen atoms in total. The molecule has 2 aliphatic rings. The Kier molecular flexibility index (Phi) is 3.77. The molecule has 0 aromatic heterocycles. The molecule has 0 radical (unpaired) electrons. The molecule has 5 heteroatoms. The van der Waals surface area contributed by atoms with E-state index in [4.69, 9.17) is 0 Å². The maximum absolute atomic E-state index is 11.8. The lowest BCUT2D eigenvalue weighted by Crippen LogP contribution is -2.46. The summed E-state index contributed by atoms with van der Waals surface area (Å²) in [5, 5.41) is 9.03. The number of nitrogens with one attached hydrogen (secondary N) is 3. The van der Waals surface area contributed by atoms with Gasteiger partial charge in [0.05, 0.1) is 0 Å². The van der Waals surface area contributed by atoms with Crippen LogP contribution in [0.4, 0.5) is 0 Å². The van der Waals surface area contributed by atoms with Crippen molar-refractivity contribution < 1.29 is 9.59 Å². The Morgan fingerprint density at radius 2 is 2.12 bits per heavy atom. The van der Waals surface area contributed by atoms with Gasteiger partial charge in [-0.15, -0.1) is 0 Å². The van der Waals surface area contributed by atoms with Gasteiger partial charge in [-0.2, -0.15) is 0 Å². The van der Waals surface area contributed by atoms with Gasteiger partial charge in [0.1, 0.15) is 6.04 Å². The zero-order chi connectivity index (χ0) is 11.4. The van der Waals surface area contributed by atoms with Crippen molar-refractivity contribution in [1.82, 2.24) is 16.0 Å². The van der Waals surface area contributed by atoms with Gasteiger partial charge in [-0.05, 0) is 38.8 Å². The summed E-state index contributed by atoms with van der Waals surface area (Å²) in [7, 11) is 0. The van der Waals surface area contributed by atoms with Gasteiger partial charge in [-0.1, -0.05) is 0 Å². The van der Waals surface area contributed by atoms with Crippen LogP contribution < -0.4 is 16.0 Å². The average Bonchev–Trinajstić information content (AvgIpc) is 2.54. The van der Waals surface area contributed by atoms with E-state index < -0.39 is 0 Å². The minimum atomic E-state index is -0.302. The lowest BCUT2D eigenvalue weighted by molar-refractivity contribution is -0.126. The molecule has 0 bridgehead atoms. The van der Waals surface area contributed by atoms with Gasteiger partial charge in [0, 0.05) is 12.5 Å². The van der Waals surface area contributed by atoms with Gasteiger partial charge >= 0.3 is 0 Å². The molecule has 16 heavy (non-hydrogen) atoms. The average molecular weight is 225 g/mol. The second kappa shape index (κ2) is 5.30. The van der Waals surface area contributed by atoms with Gasteiger partial charge in [-0.3, -0.25) is 9.59 Å². The molecule has 2 atom stereocenters. The van der Waals surface area contributed by atoms with Crippen molar-refractivity contribution in [2.45, 2.75) is 44.2 Å². The van der Waals surface area contributed by atoms with Crippen LogP contribution in [0.3, 0.4) is 0 Å². The van der Waals surface area contributed by atoms with Gasteiger partial charge in [-0.25, -0.2) is 0 Å². The quantitative estimate of drug-likeness (QED) is 0.594. The maximum Gasteiger partial charge on any atom is 0.242 e. The number of carbonyl (C=O) groups excluding carboxylic acids is 2. The van der Waals surface area contributed by atoms with Crippen molar-refractivity contribution in [2.75, 3.05) is 13.1 Å². The second-order valence-electron chi connectivity index (χ2n) is 4.55. The molecule has 2 saturated heterocycles. The van der Waals surface area contributed by atoms with E-state index in [1.807, 2.05) is 0 Å². The Bertz CT molecular complexity index is 272. The molecule has 0 aliphatic carbocycles. The highest BCUT2D eigenvalue weighted by Crippen LogP contribution is 2.09. The lowest BCUT2D eigenvalue weighted by Gasteiger charge is -2.18. The van der Waals surface area contributed by atoms with Crippen LogP contribution >= 0.6 is 0 Å². The molecule has 2 unspecified atom stereocenters. The maximum atomic E-state index is 11.8. The number of carbonyl (C=O) groups is 2. The predicted octanol–water partition coefficient (Wildman–Crippen LogP) is -0.477. The fourth-order valence-corrected chi connectivity index (χ4v) is 2.28. The Hall–Kier alpha value is -1.10. The van der Waals surface area contributed by atoms with Crippen molar-refractivity contribution in [1.29, 1.82) is 0 Å². The first-order valence-electron chi connectivity index (χ1n) is 6.06. The standard InChI is InChI=1S/C11H19N3O2/c15-10-4-3-9(14-10)11(16)13-8-2-1-6-12-7-5-8/h8-9,12H,1-7H2,(H,13,16)(H,14,15). The van der Waals surface area contributed by atoms with Crippen LogP contribution in [0, 0.1) is 0 Å². The van der Waals surface area contributed by atoms with Gasteiger partial charge < -0.3 is 16.0 Å². The third-order valence-corrected chi connectivity index (χ3v) is 3.23. The van der Waals surface area contributed by atoms with Crippen molar-refractivity contribution in [3.05, 3.63) is 0 Å². The molecule has 2 aliphatic heterocycles. The molecule has 2 rings (SSSR count). The Morgan fingerprint density at radius 3 is 2.88 bits per heavy atom. The minimum Gasteiger partial charge on any atom is -0.352 e. The number of hydrogen-bond donors (Lipinski definition) is 3. The largest absolute Gasteiger partial charge is 0.352 e. The summed E-state index contributed by atoms with van der Waals surface area (Å²) in [5.74, 6) is -0.0274. The molecule has 0 spiro atoms. The molecular formula is C11H19N3O2. The molecule has 0 aromatic rings. The topological polar surface area (TPSA) is 70.2 Å². The summed E-state index contributed by atoms with van der Waals surface area (Å²) in [6.45, 7) is 1.99. The van der Waals surface area contributed by atoms with Crippen LogP contribution in [-0.4, -0.2) is 37.0 Å². The van der Waals surface area contributed by atoms with Gasteiger partial charge in [0.25, 0.3) is 0 Å². The van der Waals surface area contributed by atoms with Crippen LogP contribution in [0.1, 0.15) is 32.1 Å². The molecule has 90 valence electrons. The molecule has 2 amide bonds. The fourth-order valence-electron chi connectivity index (χ4n) is 2.28. The van der Waals surface area contributed by atoms with E-state index in [0.717, 1.165) is 32.4 Å². The summed E-state index contributed by atoms with van der Waals surface area (Å²) in [6, 6.07) is -0.0382. The lowest BCUT2D eigenvalue weighted by atomic mass is 10.1. The van der Waals surface area contributed by atoms with E-state index in [-0.39, 0.29) is 23.9 Å². The molecular weight excluding hydrogens is 206 g/mol. The predicted molar refractivity (Wildman–Crippen MR) is 59.8 cm³/mol. The van der Waals surface area contributed by atoms with Gasteiger partial charge in [0.15, 0.2) is 0 Å². The molecule has 2 fully saturated rings. The molecule has 3 N–H and O–H groups in total. The summed E-state index contributed by atoms with van der Waals surface area (Å²) < 4.78 is 0. The molecule has 0 saturated carbocycles. The van der Waals surface area contributed by atoms with E-state index >= 15 is 0 Å². The molecule has 0 aromatic carbocycles.